The van der Waals surface area contributed by atoms with Gasteiger partial charge < -0.3 is 14.9 Å². The Morgan fingerprint density at radius 1 is 1.09 bits per heavy atom. The van der Waals surface area contributed by atoms with Crippen LogP contribution in [0.25, 0.3) is 0 Å². The zero-order chi connectivity index (χ0) is 16.7. The molecule has 1 atom stereocenters. The Hall–Kier alpha value is -2.04. The van der Waals surface area contributed by atoms with Crippen LogP contribution in [0.5, 0.6) is 11.5 Å². The van der Waals surface area contributed by atoms with Crippen LogP contribution >= 0.6 is 0 Å². The van der Waals surface area contributed by atoms with Gasteiger partial charge in [-0.2, -0.15) is 0 Å². The van der Waals surface area contributed by atoms with Gasteiger partial charge in [0.1, 0.15) is 11.5 Å². The molecule has 0 bridgehead atoms. The molecule has 0 aliphatic heterocycles. The molecule has 0 radical (unpaired) electrons. The van der Waals surface area contributed by atoms with E-state index < -0.39 is 0 Å². The Morgan fingerprint density at radius 3 is 2.43 bits per heavy atom. The van der Waals surface area contributed by atoms with Crippen LogP contribution < -0.4 is 4.74 Å². The number of phenolic OH excluding ortho intramolecular Hbond substituents is 1. The number of hydrogen-bond donors (Lipinski definition) is 2. The summed E-state index contributed by atoms with van der Waals surface area (Å²) in [5.74, 6) is 0.850. The molecule has 0 fully saturated rings. The highest BCUT2D eigenvalue weighted by molar-refractivity contribution is 5.39. The van der Waals surface area contributed by atoms with E-state index in [0.717, 1.165) is 12.1 Å². The van der Waals surface area contributed by atoms with Crippen molar-refractivity contribution in [3.8, 4) is 11.5 Å². The van der Waals surface area contributed by atoms with Crippen molar-refractivity contribution in [2.45, 2.75) is 32.5 Å². The molecule has 2 rings (SSSR count). The van der Waals surface area contributed by atoms with Crippen molar-refractivity contribution >= 4 is 0 Å². The van der Waals surface area contributed by atoms with Gasteiger partial charge >= 0.3 is 0 Å². The van der Waals surface area contributed by atoms with E-state index in [-0.39, 0.29) is 11.9 Å². The van der Waals surface area contributed by atoms with Crippen LogP contribution in [0.2, 0.25) is 0 Å². The number of nitrogens with zero attached hydrogens (tertiary/aromatic N) is 1. The van der Waals surface area contributed by atoms with Gasteiger partial charge in [0.2, 0.25) is 0 Å². The maximum atomic E-state index is 10.2. The van der Waals surface area contributed by atoms with Gasteiger partial charge in [0.15, 0.2) is 0 Å². The van der Waals surface area contributed by atoms with Crippen molar-refractivity contribution < 1.29 is 14.9 Å². The lowest BCUT2D eigenvalue weighted by molar-refractivity contribution is 0.101. The van der Waals surface area contributed by atoms with Gasteiger partial charge in [-0.25, -0.2) is 0 Å². The number of aliphatic hydroxyl groups excluding tert-OH is 1. The van der Waals surface area contributed by atoms with E-state index in [0.29, 0.717) is 25.3 Å². The summed E-state index contributed by atoms with van der Waals surface area (Å²) in [6.45, 7) is 3.83. The molecule has 0 heterocycles. The summed E-state index contributed by atoms with van der Waals surface area (Å²) in [4.78, 5) is 2.14. The predicted molar refractivity (Wildman–Crippen MR) is 91.5 cm³/mol. The van der Waals surface area contributed by atoms with E-state index >= 15 is 0 Å². The molecule has 4 nitrogen and oxygen atoms in total. The average Bonchev–Trinajstić information content (AvgIpc) is 2.57. The van der Waals surface area contributed by atoms with Crippen molar-refractivity contribution in [2.75, 3.05) is 13.7 Å². The van der Waals surface area contributed by atoms with E-state index in [2.05, 4.69) is 17.0 Å². The number of methoxy groups -OCH3 is 1. The zero-order valence-electron chi connectivity index (χ0n) is 13.8. The molecular formula is C19H25NO3. The first-order chi connectivity index (χ1) is 11.1. The van der Waals surface area contributed by atoms with Crippen LogP contribution in [0.4, 0.5) is 0 Å². The second kappa shape index (κ2) is 8.56. The van der Waals surface area contributed by atoms with Crippen LogP contribution in [0.15, 0.2) is 48.5 Å². The molecule has 23 heavy (non-hydrogen) atoms. The Bertz CT molecular complexity index is 601. The van der Waals surface area contributed by atoms with Crippen LogP contribution in [-0.4, -0.2) is 34.9 Å². The zero-order valence-corrected chi connectivity index (χ0v) is 13.8. The average molecular weight is 315 g/mol. The lowest BCUT2D eigenvalue weighted by Crippen LogP contribution is -2.31. The number of aromatic hydroxyl groups is 1. The molecule has 124 valence electrons. The minimum Gasteiger partial charge on any atom is -0.507 e. The summed E-state index contributed by atoms with van der Waals surface area (Å²) in [6, 6.07) is 15.5. The summed E-state index contributed by atoms with van der Waals surface area (Å²) in [5.41, 5.74) is 2.01. The third kappa shape index (κ3) is 5.27. The lowest BCUT2D eigenvalue weighted by atomic mass is 10.1. The Labute approximate surface area is 138 Å². The molecule has 0 amide bonds. The van der Waals surface area contributed by atoms with Gasteiger partial charge in [0.05, 0.1) is 13.2 Å². The predicted octanol–water partition coefficient (Wildman–Crippen LogP) is 3.17. The van der Waals surface area contributed by atoms with Crippen LogP contribution in [-0.2, 0) is 13.1 Å². The molecule has 0 saturated carbocycles. The van der Waals surface area contributed by atoms with Gasteiger partial charge in [-0.05, 0) is 18.1 Å². The molecule has 0 aliphatic carbocycles. The minimum absolute atomic E-state index is 0.216. The number of hydrogen-bond acceptors (Lipinski definition) is 4. The third-order valence-corrected chi connectivity index (χ3v) is 3.88. The topological polar surface area (TPSA) is 52.9 Å². The highest BCUT2D eigenvalue weighted by Gasteiger charge is 2.14. The summed E-state index contributed by atoms with van der Waals surface area (Å²) in [5, 5.41) is 20.2. The van der Waals surface area contributed by atoms with Crippen molar-refractivity contribution in [2.24, 2.45) is 0 Å². The van der Waals surface area contributed by atoms with Crippen LogP contribution in [0, 0.1) is 0 Å². The Kier molecular flexibility index (Phi) is 6.44. The molecule has 0 saturated heterocycles. The molecule has 2 aromatic rings. The Balaban J connectivity index is 2.13. The second-order valence-electron chi connectivity index (χ2n) is 5.71. The summed E-state index contributed by atoms with van der Waals surface area (Å²) >= 11 is 0. The second-order valence-corrected chi connectivity index (χ2v) is 5.71. The highest BCUT2D eigenvalue weighted by atomic mass is 16.5. The molecule has 2 N–H and O–H groups in total. The molecule has 0 aromatic heterocycles. The lowest BCUT2D eigenvalue weighted by Gasteiger charge is -2.25. The fourth-order valence-corrected chi connectivity index (χ4v) is 2.50. The first-order valence-electron chi connectivity index (χ1n) is 7.92. The van der Waals surface area contributed by atoms with Gasteiger partial charge in [0.25, 0.3) is 0 Å². The number of phenols is 1. The summed E-state index contributed by atoms with van der Waals surface area (Å²) in [7, 11) is 1.58. The van der Waals surface area contributed by atoms with Gasteiger partial charge in [-0.15, -0.1) is 0 Å². The summed E-state index contributed by atoms with van der Waals surface area (Å²) in [6.07, 6.45) is 0.332. The number of ether oxygens (including phenoxy) is 1. The van der Waals surface area contributed by atoms with Crippen molar-refractivity contribution in [1.82, 2.24) is 4.90 Å². The number of rotatable bonds is 8. The maximum absolute atomic E-state index is 10.2. The molecule has 1 unspecified atom stereocenters. The number of benzene rings is 2. The molecule has 0 spiro atoms. The van der Waals surface area contributed by atoms with E-state index in [9.17, 15) is 10.2 Å². The van der Waals surface area contributed by atoms with Crippen LogP contribution in [0.1, 0.15) is 24.5 Å². The fraction of sp³-hybridized carbons (Fsp3) is 0.368. The van der Waals surface area contributed by atoms with Gasteiger partial charge in [0, 0.05) is 31.3 Å². The van der Waals surface area contributed by atoms with E-state index in [1.165, 1.54) is 5.56 Å². The Morgan fingerprint density at radius 2 is 1.83 bits per heavy atom. The normalized spacial score (nSPS) is 12.3. The largest absolute Gasteiger partial charge is 0.507 e. The van der Waals surface area contributed by atoms with Crippen molar-refractivity contribution in [3.05, 3.63) is 59.7 Å². The molecular weight excluding hydrogens is 290 g/mol. The molecule has 2 aromatic carbocycles. The standard InChI is InChI=1S/C19H25NO3/c1-3-17(21)14-20(12-15-7-5-4-6-8-15)13-16-9-10-18(23-2)11-19(16)22/h4-11,17,21-22H,3,12-14H2,1-2H3. The SMILES string of the molecule is CCC(O)CN(Cc1ccccc1)Cc1ccc(OC)cc1O. The summed E-state index contributed by atoms with van der Waals surface area (Å²) < 4.78 is 5.12. The minimum atomic E-state index is -0.376. The van der Waals surface area contributed by atoms with Crippen molar-refractivity contribution in [1.29, 1.82) is 0 Å². The first kappa shape index (κ1) is 17.3. The van der Waals surface area contributed by atoms with E-state index in [1.807, 2.05) is 37.3 Å². The van der Waals surface area contributed by atoms with E-state index in [1.54, 1.807) is 13.2 Å². The fourth-order valence-electron chi connectivity index (χ4n) is 2.50. The highest BCUT2D eigenvalue weighted by Crippen LogP contribution is 2.25. The van der Waals surface area contributed by atoms with E-state index in [4.69, 9.17) is 4.74 Å². The molecule has 0 aliphatic rings. The monoisotopic (exact) mass is 315 g/mol. The van der Waals surface area contributed by atoms with Gasteiger partial charge in [-0.3, -0.25) is 4.90 Å². The quantitative estimate of drug-likeness (QED) is 0.785. The smallest absolute Gasteiger partial charge is 0.123 e. The first-order valence-corrected chi connectivity index (χ1v) is 7.92. The molecule has 4 heteroatoms. The third-order valence-electron chi connectivity index (χ3n) is 3.88. The number of aliphatic hydroxyl groups is 1. The maximum Gasteiger partial charge on any atom is 0.123 e. The van der Waals surface area contributed by atoms with Crippen LogP contribution in [0.3, 0.4) is 0 Å². The van der Waals surface area contributed by atoms with Gasteiger partial charge in [-0.1, -0.05) is 43.3 Å². The van der Waals surface area contributed by atoms with Crippen molar-refractivity contribution in [3.63, 3.8) is 0 Å².